The van der Waals surface area contributed by atoms with E-state index in [1.165, 1.54) is 19.1 Å². The molecule has 0 saturated heterocycles. The fourth-order valence-corrected chi connectivity index (χ4v) is 2.67. The number of hydrogen-bond acceptors (Lipinski definition) is 4. The van der Waals surface area contributed by atoms with E-state index in [9.17, 15) is 18.0 Å². The predicted molar refractivity (Wildman–Crippen MR) is 95.4 cm³/mol. The normalized spacial score (nSPS) is 11.2. The third-order valence-electron chi connectivity index (χ3n) is 3.45. The first-order valence-electron chi connectivity index (χ1n) is 8.01. The Kier molecular flexibility index (Phi) is 7.85. The molecule has 0 fully saturated rings. The number of benzene rings is 1. The van der Waals surface area contributed by atoms with Gasteiger partial charge in [-0.1, -0.05) is 12.1 Å². The van der Waals surface area contributed by atoms with Gasteiger partial charge in [-0.3, -0.25) is 4.79 Å². The molecule has 0 atom stereocenters. The van der Waals surface area contributed by atoms with Gasteiger partial charge in [-0.15, -0.1) is 0 Å². The topological polar surface area (TPSA) is 122 Å². The van der Waals surface area contributed by atoms with Crippen molar-refractivity contribution in [2.24, 2.45) is 5.14 Å². The second kappa shape index (κ2) is 9.38. The second-order valence-corrected chi connectivity index (χ2v) is 7.56. The lowest BCUT2D eigenvalue weighted by atomic mass is 10.1. The highest BCUT2D eigenvalue weighted by atomic mass is 32.2. The summed E-state index contributed by atoms with van der Waals surface area (Å²) in [6.07, 6.45) is 0.572. The van der Waals surface area contributed by atoms with Crippen LogP contribution < -0.4 is 15.8 Å². The number of carbonyl (C=O) groups excluding carboxylic acids is 2. The number of urea groups is 1. The van der Waals surface area contributed by atoms with Crippen molar-refractivity contribution in [3.05, 3.63) is 29.8 Å². The van der Waals surface area contributed by atoms with Gasteiger partial charge in [0.25, 0.3) is 0 Å². The molecule has 1 rings (SSSR count). The molecule has 0 bridgehead atoms. The molecule has 1 aromatic carbocycles. The van der Waals surface area contributed by atoms with Crippen molar-refractivity contribution < 1.29 is 18.0 Å². The number of carbonyl (C=O) groups is 2. The zero-order valence-corrected chi connectivity index (χ0v) is 15.6. The third kappa shape index (κ3) is 7.99. The molecule has 8 nitrogen and oxygen atoms in total. The van der Waals surface area contributed by atoms with E-state index in [0.29, 0.717) is 26.1 Å². The largest absolute Gasteiger partial charge is 0.341 e. The molecule has 0 aromatic heterocycles. The summed E-state index contributed by atoms with van der Waals surface area (Å²) in [4.78, 5) is 24.9. The lowest BCUT2D eigenvalue weighted by Gasteiger charge is -2.21. The minimum atomic E-state index is -3.70. The van der Waals surface area contributed by atoms with Gasteiger partial charge in [0, 0.05) is 32.6 Å². The summed E-state index contributed by atoms with van der Waals surface area (Å²) in [5.41, 5.74) is 0.893. The van der Waals surface area contributed by atoms with Crippen LogP contribution in [0.5, 0.6) is 0 Å². The molecule has 25 heavy (non-hydrogen) atoms. The molecule has 0 aliphatic rings. The van der Waals surface area contributed by atoms with Crippen LogP contribution in [0.15, 0.2) is 29.2 Å². The first-order valence-corrected chi connectivity index (χ1v) is 9.56. The van der Waals surface area contributed by atoms with Crippen LogP contribution in [0.1, 0.15) is 26.3 Å². The summed E-state index contributed by atoms with van der Waals surface area (Å²) in [6.45, 7) is 6.42. The Morgan fingerprint density at radius 3 is 2.24 bits per heavy atom. The van der Waals surface area contributed by atoms with Gasteiger partial charge >= 0.3 is 6.03 Å². The van der Waals surface area contributed by atoms with Crippen LogP contribution in [0.25, 0.3) is 0 Å². The summed E-state index contributed by atoms with van der Waals surface area (Å²) in [6, 6.07) is 6.02. The van der Waals surface area contributed by atoms with Crippen LogP contribution in [0, 0.1) is 0 Å². The summed E-state index contributed by atoms with van der Waals surface area (Å²) >= 11 is 0. The fraction of sp³-hybridized carbons (Fsp3) is 0.500. The van der Waals surface area contributed by atoms with Gasteiger partial charge < -0.3 is 15.5 Å². The van der Waals surface area contributed by atoms with E-state index in [2.05, 4.69) is 10.6 Å². The van der Waals surface area contributed by atoms with Crippen LogP contribution in [0.4, 0.5) is 4.79 Å². The number of nitrogens with zero attached hydrogens (tertiary/aromatic N) is 1. The second-order valence-electron chi connectivity index (χ2n) is 6.00. The number of nitrogens with one attached hydrogen (secondary N) is 2. The number of nitrogens with two attached hydrogens (primary N) is 1. The Bertz CT molecular complexity index is 687. The van der Waals surface area contributed by atoms with Gasteiger partial charge in [-0.25, -0.2) is 18.4 Å². The maximum absolute atomic E-state index is 11.7. The maximum Gasteiger partial charge on any atom is 0.315 e. The molecule has 1 aromatic rings. The SMILES string of the molecule is CC(=O)N(CCNC(=O)NC(C)C)CCc1ccc(S(N)(=O)=O)cc1. The molecule has 3 amide bonds. The minimum absolute atomic E-state index is 0.0456. The molecule has 0 saturated carbocycles. The molecular formula is C16H26N4O4S. The van der Waals surface area contributed by atoms with Gasteiger partial charge in [0.15, 0.2) is 0 Å². The Balaban J connectivity index is 2.50. The Hall–Kier alpha value is -2.13. The third-order valence-corrected chi connectivity index (χ3v) is 4.38. The monoisotopic (exact) mass is 370 g/mol. The van der Waals surface area contributed by atoms with Gasteiger partial charge in [-0.05, 0) is 38.0 Å². The number of hydrogen-bond donors (Lipinski definition) is 3. The van der Waals surface area contributed by atoms with Gasteiger partial charge in [0.2, 0.25) is 15.9 Å². The highest BCUT2D eigenvalue weighted by molar-refractivity contribution is 7.89. The molecule has 0 spiro atoms. The fourth-order valence-electron chi connectivity index (χ4n) is 2.15. The van der Waals surface area contributed by atoms with E-state index in [1.807, 2.05) is 13.8 Å². The first kappa shape index (κ1) is 20.9. The van der Waals surface area contributed by atoms with Gasteiger partial charge in [0.1, 0.15) is 0 Å². The Morgan fingerprint density at radius 2 is 1.76 bits per heavy atom. The van der Waals surface area contributed by atoms with Crippen LogP contribution in [0.3, 0.4) is 0 Å². The van der Waals surface area contributed by atoms with E-state index in [4.69, 9.17) is 5.14 Å². The molecule has 0 heterocycles. The molecule has 0 unspecified atom stereocenters. The highest BCUT2D eigenvalue weighted by Crippen LogP contribution is 2.09. The van der Waals surface area contributed by atoms with Crippen molar-refractivity contribution in [1.82, 2.24) is 15.5 Å². The number of primary sulfonamides is 1. The summed E-state index contributed by atoms with van der Waals surface area (Å²) < 4.78 is 22.4. The number of amides is 3. The highest BCUT2D eigenvalue weighted by Gasteiger charge is 2.11. The van der Waals surface area contributed by atoms with E-state index < -0.39 is 10.0 Å². The molecule has 140 valence electrons. The number of rotatable bonds is 8. The van der Waals surface area contributed by atoms with E-state index in [1.54, 1.807) is 17.0 Å². The van der Waals surface area contributed by atoms with Crippen LogP contribution in [-0.2, 0) is 21.2 Å². The smallest absolute Gasteiger partial charge is 0.315 e. The van der Waals surface area contributed by atoms with Crippen LogP contribution in [0.2, 0.25) is 0 Å². The lowest BCUT2D eigenvalue weighted by molar-refractivity contribution is -0.128. The van der Waals surface area contributed by atoms with Crippen molar-refractivity contribution in [3.8, 4) is 0 Å². The number of sulfonamides is 1. The van der Waals surface area contributed by atoms with E-state index >= 15 is 0 Å². The van der Waals surface area contributed by atoms with Gasteiger partial charge in [0.05, 0.1) is 4.90 Å². The Labute approximate surface area is 148 Å². The predicted octanol–water partition coefficient (Wildman–Crippen LogP) is 0.433. The molecule has 4 N–H and O–H groups in total. The van der Waals surface area contributed by atoms with E-state index in [0.717, 1.165) is 5.56 Å². The van der Waals surface area contributed by atoms with Crippen LogP contribution >= 0.6 is 0 Å². The average molecular weight is 370 g/mol. The molecule has 0 radical (unpaired) electrons. The summed E-state index contributed by atoms with van der Waals surface area (Å²) in [5.74, 6) is -0.0905. The lowest BCUT2D eigenvalue weighted by Crippen LogP contribution is -2.44. The van der Waals surface area contributed by atoms with E-state index in [-0.39, 0.29) is 22.9 Å². The van der Waals surface area contributed by atoms with Crippen molar-refractivity contribution in [3.63, 3.8) is 0 Å². The molecular weight excluding hydrogens is 344 g/mol. The van der Waals surface area contributed by atoms with Gasteiger partial charge in [-0.2, -0.15) is 0 Å². The van der Waals surface area contributed by atoms with Crippen molar-refractivity contribution in [2.75, 3.05) is 19.6 Å². The van der Waals surface area contributed by atoms with Crippen LogP contribution in [-0.4, -0.2) is 50.9 Å². The molecule has 0 aliphatic carbocycles. The summed E-state index contributed by atoms with van der Waals surface area (Å²) in [7, 11) is -3.70. The molecule has 9 heteroatoms. The van der Waals surface area contributed by atoms with Crippen molar-refractivity contribution >= 4 is 22.0 Å². The summed E-state index contributed by atoms with van der Waals surface area (Å²) in [5, 5.41) is 10.5. The zero-order chi connectivity index (χ0) is 19.0. The standard InChI is InChI=1S/C16H26N4O4S/c1-12(2)19-16(22)18-9-11-20(13(3)21)10-8-14-4-6-15(7-5-14)25(17,23)24/h4-7,12H,8-11H2,1-3H3,(H2,17,23,24)(H2,18,19,22). The molecule has 0 aliphatic heterocycles. The Morgan fingerprint density at radius 1 is 1.16 bits per heavy atom. The average Bonchev–Trinajstić information content (AvgIpc) is 2.49. The first-order chi connectivity index (χ1) is 11.6. The zero-order valence-electron chi connectivity index (χ0n) is 14.8. The van der Waals surface area contributed by atoms with Crippen molar-refractivity contribution in [1.29, 1.82) is 0 Å². The quantitative estimate of drug-likeness (QED) is 0.614. The minimum Gasteiger partial charge on any atom is -0.341 e. The van der Waals surface area contributed by atoms with Crippen molar-refractivity contribution in [2.45, 2.75) is 38.1 Å². The maximum atomic E-state index is 11.7.